The van der Waals surface area contributed by atoms with Gasteiger partial charge >= 0.3 is 5.97 Å². The van der Waals surface area contributed by atoms with Crippen LogP contribution in [-0.4, -0.2) is 18.1 Å². The van der Waals surface area contributed by atoms with Crippen LogP contribution >= 0.6 is 0 Å². The Morgan fingerprint density at radius 1 is 1.00 bits per heavy atom. The molecule has 0 fully saturated rings. The Hall–Kier alpha value is -1.51. The van der Waals surface area contributed by atoms with Crippen molar-refractivity contribution in [2.75, 3.05) is 12.4 Å². The van der Waals surface area contributed by atoms with Crippen molar-refractivity contribution < 1.29 is 9.90 Å². The maximum Gasteiger partial charge on any atom is 0.338 e. The molecule has 0 aliphatic rings. The van der Waals surface area contributed by atoms with Gasteiger partial charge in [0.1, 0.15) is 0 Å². The van der Waals surface area contributed by atoms with Crippen molar-refractivity contribution in [1.82, 2.24) is 0 Å². The van der Waals surface area contributed by atoms with Crippen molar-refractivity contribution in [3.63, 3.8) is 0 Å². The Bertz CT molecular complexity index is 422. The number of hydrogen-bond acceptors (Lipinski definition) is 2. The summed E-state index contributed by atoms with van der Waals surface area (Å²) in [5.41, 5.74) is 5.18. The minimum absolute atomic E-state index is 0.387. The molecule has 0 aliphatic carbocycles. The van der Waals surface area contributed by atoms with Gasteiger partial charge in [-0.15, -0.1) is 0 Å². The van der Waals surface area contributed by atoms with Crippen LogP contribution in [0.3, 0.4) is 0 Å². The van der Waals surface area contributed by atoms with Crippen LogP contribution < -0.4 is 5.32 Å². The van der Waals surface area contributed by atoms with E-state index in [4.69, 9.17) is 0 Å². The highest BCUT2D eigenvalue weighted by atomic mass is 16.4. The van der Waals surface area contributed by atoms with Crippen LogP contribution in [-0.2, 0) is 0 Å². The van der Waals surface area contributed by atoms with Crippen LogP contribution in [0.25, 0.3) is 0 Å². The molecule has 3 heteroatoms. The molecular formula is C12H17NO2. The molecule has 82 valence electrons. The van der Waals surface area contributed by atoms with E-state index in [1.807, 2.05) is 27.7 Å². The fourth-order valence-electron chi connectivity index (χ4n) is 1.89. The van der Waals surface area contributed by atoms with Gasteiger partial charge in [0.05, 0.1) is 11.3 Å². The summed E-state index contributed by atoms with van der Waals surface area (Å²) >= 11 is 0. The number of nitrogens with one attached hydrogen (secondary N) is 1. The SMILES string of the molecule is CNc1c(C)c(C)c(C)c(C)c1C(=O)O. The molecule has 0 saturated carbocycles. The van der Waals surface area contributed by atoms with Gasteiger partial charge < -0.3 is 10.4 Å². The quantitative estimate of drug-likeness (QED) is 0.783. The lowest BCUT2D eigenvalue weighted by molar-refractivity contribution is 0.0697. The van der Waals surface area contributed by atoms with Crippen molar-refractivity contribution in [3.05, 3.63) is 27.8 Å². The molecule has 0 aromatic heterocycles. The summed E-state index contributed by atoms with van der Waals surface area (Å²) in [5, 5.41) is 12.2. The maximum absolute atomic E-state index is 11.2. The average Bonchev–Trinajstić information content (AvgIpc) is 2.19. The Labute approximate surface area is 90.1 Å². The van der Waals surface area contributed by atoms with Crippen molar-refractivity contribution in [2.45, 2.75) is 27.7 Å². The molecule has 0 saturated heterocycles. The molecule has 1 rings (SSSR count). The molecule has 0 unspecified atom stereocenters. The molecule has 2 N–H and O–H groups in total. The summed E-state index contributed by atoms with van der Waals surface area (Å²) < 4.78 is 0. The van der Waals surface area contributed by atoms with E-state index in [2.05, 4.69) is 5.32 Å². The summed E-state index contributed by atoms with van der Waals surface area (Å²) in [4.78, 5) is 11.2. The van der Waals surface area contributed by atoms with Crippen molar-refractivity contribution in [3.8, 4) is 0 Å². The fraction of sp³-hybridized carbons (Fsp3) is 0.417. The van der Waals surface area contributed by atoms with Gasteiger partial charge in [0.25, 0.3) is 0 Å². The van der Waals surface area contributed by atoms with Gasteiger partial charge in [0.2, 0.25) is 0 Å². The van der Waals surface area contributed by atoms with E-state index in [-0.39, 0.29) is 0 Å². The lowest BCUT2D eigenvalue weighted by Crippen LogP contribution is -2.10. The van der Waals surface area contributed by atoms with Gasteiger partial charge in [0.15, 0.2) is 0 Å². The van der Waals surface area contributed by atoms with Gasteiger partial charge in [-0.1, -0.05) is 0 Å². The van der Waals surface area contributed by atoms with E-state index >= 15 is 0 Å². The highest BCUT2D eigenvalue weighted by Crippen LogP contribution is 2.30. The van der Waals surface area contributed by atoms with Crippen LogP contribution in [0, 0.1) is 27.7 Å². The van der Waals surface area contributed by atoms with Gasteiger partial charge in [-0.05, 0) is 49.9 Å². The third-order valence-electron chi connectivity index (χ3n) is 3.15. The first-order chi connectivity index (χ1) is 6.91. The largest absolute Gasteiger partial charge is 0.478 e. The van der Waals surface area contributed by atoms with Crippen LogP contribution in [0.15, 0.2) is 0 Å². The number of anilines is 1. The Kier molecular flexibility index (Phi) is 3.03. The molecule has 0 amide bonds. The molecule has 0 atom stereocenters. The number of carbonyl (C=O) groups is 1. The summed E-state index contributed by atoms with van der Waals surface area (Å²) in [6.45, 7) is 7.78. The number of carboxylic acid groups (broad SMARTS) is 1. The van der Waals surface area contributed by atoms with E-state index in [0.717, 1.165) is 27.9 Å². The smallest absolute Gasteiger partial charge is 0.338 e. The first-order valence-electron chi connectivity index (χ1n) is 4.93. The standard InChI is InChI=1S/C12H17NO2/c1-6-7(2)9(4)11(13-5)10(8(6)3)12(14)15/h13H,1-5H3,(H,14,15). The van der Waals surface area contributed by atoms with E-state index in [1.54, 1.807) is 7.05 Å². The summed E-state index contributed by atoms with van der Waals surface area (Å²) in [6.07, 6.45) is 0. The Balaban J connectivity index is 3.70. The summed E-state index contributed by atoms with van der Waals surface area (Å²) in [7, 11) is 1.75. The summed E-state index contributed by atoms with van der Waals surface area (Å²) in [6, 6.07) is 0. The average molecular weight is 207 g/mol. The van der Waals surface area contributed by atoms with E-state index in [0.29, 0.717) is 5.56 Å². The molecule has 1 aromatic carbocycles. The molecule has 0 aliphatic heterocycles. The normalized spacial score (nSPS) is 10.2. The first kappa shape index (κ1) is 11.6. The molecule has 1 aromatic rings. The zero-order valence-electron chi connectivity index (χ0n) is 9.86. The number of aromatic carboxylic acids is 1. The Morgan fingerprint density at radius 2 is 1.47 bits per heavy atom. The van der Waals surface area contributed by atoms with Crippen LogP contribution in [0.2, 0.25) is 0 Å². The zero-order chi connectivity index (χ0) is 11.7. The second-order valence-electron chi connectivity index (χ2n) is 3.81. The number of benzene rings is 1. The van der Waals surface area contributed by atoms with Gasteiger partial charge in [-0.25, -0.2) is 4.79 Å². The first-order valence-corrected chi connectivity index (χ1v) is 4.93. The third-order valence-corrected chi connectivity index (χ3v) is 3.15. The predicted octanol–water partition coefficient (Wildman–Crippen LogP) is 2.66. The Morgan fingerprint density at radius 3 is 1.87 bits per heavy atom. The second-order valence-corrected chi connectivity index (χ2v) is 3.81. The molecular weight excluding hydrogens is 190 g/mol. The number of carboxylic acids is 1. The lowest BCUT2D eigenvalue weighted by atomic mass is 9.92. The van der Waals surface area contributed by atoms with Crippen molar-refractivity contribution in [2.24, 2.45) is 0 Å². The monoisotopic (exact) mass is 207 g/mol. The van der Waals surface area contributed by atoms with Crippen molar-refractivity contribution >= 4 is 11.7 Å². The lowest BCUT2D eigenvalue weighted by Gasteiger charge is -2.17. The van der Waals surface area contributed by atoms with Crippen molar-refractivity contribution in [1.29, 1.82) is 0 Å². The minimum Gasteiger partial charge on any atom is -0.478 e. The second kappa shape index (κ2) is 3.93. The maximum atomic E-state index is 11.2. The highest BCUT2D eigenvalue weighted by molar-refractivity contribution is 5.97. The van der Waals surface area contributed by atoms with Gasteiger partial charge in [-0.2, -0.15) is 0 Å². The fourth-order valence-corrected chi connectivity index (χ4v) is 1.89. The minimum atomic E-state index is -0.872. The van der Waals surface area contributed by atoms with Crippen LogP contribution in [0.4, 0.5) is 5.69 Å². The van der Waals surface area contributed by atoms with Gasteiger partial charge in [-0.3, -0.25) is 0 Å². The van der Waals surface area contributed by atoms with Gasteiger partial charge in [0, 0.05) is 7.05 Å². The zero-order valence-corrected chi connectivity index (χ0v) is 9.86. The van der Waals surface area contributed by atoms with Crippen LogP contribution in [0.5, 0.6) is 0 Å². The number of rotatable bonds is 2. The molecule has 15 heavy (non-hydrogen) atoms. The number of hydrogen-bond donors (Lipinski definition) is 2. The molecule has 3 nitrogen and oxygen atoms in total. The highest BCUT2D eigenvalue weighted by Gasteiger charge is 2.18. The predicted molar refractivity (Wildman–Crippen MR) is 61.9 cm³/mol. The molecule has 0 spiro atoms. The molecule has 0 heterocycles. The van der Waals surface area contributed by atoms with E-state index < -0.39 is 5.97 Å². The summed E-state index contributed by atoms with van der Waals surface area (Å²) in [5.74, 6) is -0.872. The third kappa shape index (κ3) is 1.69. The van der Waals surface area contributed by atoms with E-state index in [1.165, 1.54) is 0 Å². The molecule has 0 radical (unpaired) electrons. The topological polar surface area (TPSA) is 49.3 Å². The van der Waals surface area contributed by atoms with E-state index in [9.17, 15) is 9.90 Å². The molecule has 0 bridgehead atoms. The van der Waals surface area contributed by atoms with Crippen LogP contribution in [0.1, 0.15) is 32.6 Å².